The summed E-state index contributed by atoms with van der Waals surface area (Å²) >= 11 is 0. The smallest absolute Gasteiger partial charge is 0.228 e. The lowest BCUT2D eigenvalue weighted by molar-refractivity contribution is -0.120. The number of hydrogen-bond acceptors (Lipinski definition) is 3. The highest BCUT2D eigenvalue weighted by molar-refractivity contribution is 5.98. The molecule has 0 heterocycles. The zero-order valence-electron chi connectivity index (χ0n) is 9.76. The summed E-state index contributed by atoms with van der Waals surface area (Å²) in [6.07, 6.45) is 0.686. The Morgan fingerprint density at radius 1 is 1.47 bits per heavy atom. The molecule has 1 amide bonds. The van der Waals surface area contributed by atoms with Gasteiger partial charge in [0.05, 0.1) is 12.5 Å². The summed E-state index contributed by atoms with van der Waals surface area (Å²) in [5.41, 5.74) is 6.31. The lowest BCUT2D eigenvalue weighted by Crippen LogP contribution is -2.31. The first-order valence-corrected chi connectivity index (χ1v) is 5.48. The standard InChI is InChI=1S/C12H17N3O2/c1-2-10(9-6-4-3-5-7-9)14-12(16)8-11(13)15-17/h3-7,10,17H,2,8H2,1H3,(H2,13,15)(H,14,16). The predicted octanol–water partition coefficient (Wildman–Crippen LogP) is 1.39. The van der Waals surface area contributed by atoms with Crippen LogP contribution in [0.25, 0.3) is 0 Å². The molecule has 92 valence electrons. The molecular formula is C12H17N3O2. The molecule has 0 saturated carbocycles. The van der Waals surface area contributed by atoms with Crippen LogP contribution >= 0.6 is 0 Å². The number of carbonyl (C=O) groups is 1. The maximum Gasteiger partial charge on any atom is 0.228 e. The van der Waals surface area contributed by atoms with Crippen LogP contribution in [0.3, 0.4) is 0 Å². The lowest BCUT2D eigenvalue weighted by atomic mass is 10.0. The first-order valence-electron chi connectivity index (χ1n) is 5.48. The maximum atomic E-state index is 11.6. The molecule has 0 spiro atoms. The normalized spacial score (nSPS) is 13.1. The molecular weight excluding hydrogens is 218 g/mol. The van der Waals surface area contributed by atoms with E-state index in [1.165, 1.54) is 0 Å². The van der Waals surface area contributed by atoms with E-state index < -0.39 is 0 Å². The summed E-state index contributed by atoms with van der Waals surface area (Å²) in [4.78, 5) is 11.6. The number of oxime groups is 1. The zero-order chi connectivity index (χ0) is 12.7. The molecule has 0 radical (unpaired) electrons. The molecule has 0 aliphatic carbocycles. The van der Waals surface area contributed by atoms with Crippen LogP contribution in [0.4, 0.5) is 0 Å². The quantitative estimate of drug-likeness (QED) is 0.312. The molecule has 1 aromatic carbocycles. The van der Waals surface area contributed by atoms with E-state index >= 15 is 0 Å². The average molecular weight is 235 g/mol. The number of amides is 1. The van der Waals surface area contributed by atoms with Crippen molar-refractivity contribution >= 4 is 11.7 Å². The van der Waals surface area contributed by atoms with E-state index in [9.17, 15) is 4.79 Å². The van der Waals surface area contributed by atoms with Crippen molar-refractivity contribution in [1.82, 2.24) is 5.32 Å². The Morgan fingerprint density at radius 3 is 2.65 bits per heavy atom. The highest BCUT2D eigenvalue weighted by Crippen LogP contribution is 2.15. The topological polar surface area (TPSA) is 87.7 Å². The summed E-state index contributed by atoms with van der Waals surface area (Å²) in [5.74, 6) is -0.346. The van der Waals surface area contributed by atoms with Gasteiger partial charge in [0, 0.05) is 0 Å². The van der Waals surface area contributed by atoms with Gasteiger partial charge < -0.3 is 16.3 Å². The second-order valence-corrected chi connectivity index (χ2v) is 3.71. The monoisotopic (exact) mass is 235 g/mol. The van der Waals surface area contributed by atoms with Crippen molar-refractivity contribution in [3.05, 3.63) is 35.9 Å². The van der Waals surface area contributed by atoms with Crippen molar-refractivity contribution in [2.24, 2.45) is 10.9 Å². The van der Waals surface area contributed by atoms with Gasteiger partial charge in [0.15, 0.2) is 0 Å². The Labute approximate surface area is 100 Å². The fraction of sp³-hybridized carbons (Fsp3) is 0.333. The van der Waals surface area contributed by atoms with Gasteiger partial charge in [-0.3, -0.25) is 4.79 Å². The Hall–Kier alpha value is -2.04. The van der Waals surface area contributed by atoms with E-state index in [1.807, 2.05) is 37.3 Å². The van der Waals surface area contributed by atoms with Crippen molar-refractivity contribution in [3.63, 3.8) is 0 Å². The van der Waals surface area contributed by atoms with E-state index in [-0.39, 0.29) is 24.2 Å². The number of nitrogens with two attached hydrogens (primary N) is 1. The highest BCUT2D eigenvalue weighted by Gasteiger charge is 2.13. The van der Waals surface area contributed by atoms with Gasteiger partial charge in [0.2, 0.25) is 5.91 Å². The van der Waals surface area contributed by atoms with E-state index in [1.54, 1.807) is 0 Å². The van der Waals surface area contributed by atoms with Gasteiger partial charge in [-0.1, -0.05) is 42.4 Å². The van der Waals surface area contributed by atoms with Crippen LogP contribution in [0.2, 0.25) is 0 Å². The third kappa shape index (κ3) is 4.14. The molecule has 0 fully saturated rings. The molecule has 0 bridgehead atoms. The summed E-state index contributed by atoms with van der Waals surface area (Å²) in [5, 5.41) is 14.0. The number of nitrogens with zero attached hydrogens (tertiary/aromatic N) is 1. The molecule has 1 unspecified atom stereocenters. The van der Waals surface area contributed by atoms with Crippen LogP contribution in [0.1, 0.15) is 31.4 Å². The largest absolute Gasteiger partial charge is 0.409 e. The van der Waals surface area contributed by atoms with Crippen LogP contribution in [0.5, 0.6) is 0 Å². The zero-order valence-corrected chi connectivity index (χ0v) is 9.76. The Kier molecular flexibility index (Phi) is 5.00. The number of nitrogens with one attached hydrogen (secondary N) is 1. The SMILES string of the molecule is CCC(NC(=O)CC(N)=NO)c1ccccc1. The van der Waals surface area contributed by atoms with Gasteiger partial charge in [-0.25, -0.2) is 0 Å². The minimum atomic E-state index is -0.254. The second kappa shape index (κ2) is 6.52. The minimum Gasteiger partial charge on any atom is -0.409 e. The van der Waals surface area contributed by atoms with E-state index in [0.29, 0.717) is 0 Å². The van der Waals surface area contributed by atoms with Gasteiger partial charge in [-0.05, 0) is 12.0 Å². The Bertz CT molecular complexity index is 390. The van der Waals surface area contributed by atoms with Crippen LogP contribution in [-0.4, -0.2) is 17.0 Å². The summed E-state index contributed by atoms with van der Waals surface area (Å²) in [7, 11) is 0. The highest BCUT2D eigenvalue weighted by atomic mass is 16.4. The molecule has 0 saturated heterocycles. The Balaban J connectivity index is 2.62. The number of rotatable bonds is 5. The van der Waals surface area contributed by atoms with Crippen LogP contribution in [-0.2, 0) is 4.79 Å². The fourth-order valence-electron chi connectivity index (χ4n) is 1.55. The van der Waals surface area contributed by atoms with Gasteiger partial charge in [-0.15, -0.1) is 0 Å². The van der Waals surface area contributed by atoms with Crippen molar-refractivity contribution in [3.8, 4) is 0 Å². The maximum absolute atomic E-state index is 11.6. The predicted molar refractivity (Wildman–Crippen MR) is 65.6 cm³/mol. The molecule has 1 aromatic rings. The van der Waals surface area contributed by atoms with Crippen molar-refractivity contribution in [2.75, 3.05) is 0 Å². The first-order chi connectivity index (χ1) is 8.17. The fourth-order valence-corrected chi connectivity index (χ4v) is 1.55. The molecule has 0 aliphatic rings. The first kappa shape index (κ1) is 13.0. The number of hydrogen-bond donors (Lipinski definition) is 3. The van der Waals surface area contributed by atoms with Crippen molar-refractivity contribution in [2.45, 2.75) is 25.8 Å². The number of amidine groups is 1. The average Bonchev–Trinajstić information content (AvgIpc) is 2.36. The van der Waals surface area contributed by atoms with Crippen LogP contribution in [0.15, 0.2) is 35.5 Å². The molecule has 5 nitrogen and oxygen atoms in total. The molecule has 5 heteroatoms. The Morgan fingerprint density at radius 2 is 2.12 bits per heavy atom. The molecule has 4 N–H and O–H groups in total. The molecule has 0 aliphatic heterocycles. The third-order valence-electron chi connectivity index (χ3n) is 2.42. The van der Waals surface area contributed by atoms with Crippen LogP contribution in [0, 0.1) is 0 Å². The van der Waals surface area contributed by atoms with E-state index in [2.05, 4.69) is 10.5 Å². The summed E-state index contributed by atoms with van der Waals surface area (Å²) in [6.45, 7) is 1.99. The minimum absolute atomic E-state index is 0.0461. The van der Waals surface area contributed by atoms with Crippen molar-refractivity contribution < 1.29 is 10.0 Å². The molecule has 1 atom stereocenters. The van der Waals surface area contributed by atoms with Gasteiger partial charge in [0.1, 0.15) is 5.84 Å². The second-order valence-electron chi connectivity index (χ2n) is 3.71. The molecule has 17 heavy (non-hydrogen) atoms. The molecule has 0 aromatic heterocycles. The lowest BCUT2D eigenvalue weighted by Gasteiger charge is -2.17. The molecule has 1 rings (SSSR count). The van der Waals surface area contributed by atoms with Crippen LogP contribution < -0.4 is 11.1 Å². The van der Waals surface area contributed by atoms with E-state index in [4.69, 9.17) is 10.9 Å². The summed E-state index contributed by atoms with van der Waals surface area (Å²) < 4.78 is 0. The van der Waals surface area contributed by atoms with Gasteiger partial charge in [-0.2, -0.15) is 0 Å². The van der Waals surface area contributed by atoms with Crippen molar-refractivity contribution in [1.29, 1.82) is 0 Å². The van der Waals surface area contributed by atoms with Gasteiger partial charge >= 0.3 is 0 Å². The van der Waals surface area contributed by atoms with E-state index in [0.717, 1.165) is 12.0 Å². The number of carbonyl (C=O) groups excluding carboxylic acids is 1. The van der Waals surface area contributed by atoms with Gasteiger partial charge in [0.25, 0.3) is 0 Å². The third-order valence-corrected chi connectivity index (χ3v) is 2.42. The number of benzene rings is 1. The summed E-state index contributed by atoms with van der Waals surface area (Å²) in [6, 6.07) is 9.64.